The first-order valence-electron chi connectivity index (χ1n) is 10.8. The SMILES string of the molecule is COC1=CN(c2ccc(OC)cc2)C=C(OC)[C@@H](c2ccc([N+](=O)[O-])cc2)[C@@H]1c1ccccc1. The van der Waals surface area contributed by atoms with Crippen molar-refractivity contribution in [2.75, 3.05) is 26.2 Å². The number of hydrogen-bond acceptors (Lipinski definition) is 6. The number of rotatable bonds is 7. The Morgan fingerprint density at radius 3 is 1.71 bits per heavy atom. The maximum atomic E-state index is 11.2. The zero-order valence-electron chi connectivity index (χ0n) is 19.3. The number of hydrogen-bond donors (Lipinski definition) is 0. The van der Waals surface area contributed by atoms with Crippen molar-refractivity contribution in [2.24, 2.45) is 0 Å². The van der Waals surface area contributed by atoms with E-state index in [1.165, 1.54) is 12.1 Å². The van der Waals surface area contributed by atoms with Gasteiger partial charge < -0.3 is 19.1 Å². The quantitative estimate of drug-likeness (QED) is 0.321. The summed E-state index contributed by atoms with van der Waals surface area (Å²) in [6.45, 7) is 0. The van der Waals surface area contributed by atoms with E-state index in [9.17, 15) is 10.1 Å². The van der Waals surface area contributed by atoms with Crippen molar-refractivity contribution in [3.05, 3.63) is 124 Å². The molecule has 4 rings (SSSR count). The summed E-state index contributed by atoms with van der Waals surface area (Å²) in [7, 11) is 4.92. The number of nitro groups is 1. The van der Waals surface area contributed by atoms with E-state index in [0.29, 0.717) is 5.76 Å². The van der Waals surface area contributed by atoms with Gasteiger partial charge in [-0.3, -0.25) is 10.1 Å². The highest BCUT2D eigenvalue weighted by Gasteiger charge is 2.36. The molecule has 1 heterocycles. The van der Waals surface area contributed by atoms with E-state index in [1.54, 1.807) is 33.5 Å². The molecule has 2 atom stereocenters. The summed E-state index contributed by atoms with van der Waals surface area (Å²) in [5.74, 6) is 1.69. The molecule has 0 aromatic heterocycles. The van der Waals surface area contributed by atoms with Gasteiger partial charge in [-0.05, 0) is 35.4 Å². The van der Waals surface area contributed by atoms with Gasteiger partial charge >= 0.3 is 0 Å². The molecule has 1 aliphatic rings. The number of allylic oxidation sites excluding steroid dienone is 2. The van der Waals surface area contributed by atoms with Gasteiger partial charge in [0.2, 0.25) is 0 Å². The highest BCUT2D eigenvalue weighted by atomic mass is 16.6. The predicted octanol–water partition coefficient (Wildman–Crippen LogP) is 5.97. The van der Waals surface area contributed by atoms with Crippen LogP contribution >= 0.6 is 0 Å². The fraction of sp³-hybridized carbons (Fsp3) is 0.185. The molecule has 0 saturated heterocycles. The van der Waals surface area contributed by atoms with Crippen molar-refractivity contribution in [3.8, 4) is 5.75 Å². The van der Waals surface area contributed by atoms with E-state index in [0.717, 1.165) is 28.3 Å². The Labute approximate surface area is 198 Å². The smallest absolute Gasteiger partial charge is 0.269 e. The Morgan fingerprint density at radius 2 is 1.24 bits per heavy atom. The zero-order valence-corrected chi connectivity index (χ0v) is 19.3. The fourth-order valence-corrected chi connectivity index (χ4v) is 4.24. The topological polar surface area (TPSA) is 74.1 Å². The molecule has 7 heteroatoms. The average molecular weight is 459 g/mol. The third-order valence-corrected chi connectivity index (χ3v) is 5.94. The third kappa shape index (κ3) is 4.59. The molecule has 3 aromatic carbocycles. The Bertz CT molecular complexity index is 1190. The zero-order chi connectivity index (χ0) is 24.1. The Kier molecular flexibility index (Phi) is 6.82. The van der Waals surface area contributed by atoms with E-state index in [1.807, 2.05) is 71.9 Å². The maximum absolute atomic E-state index is 11.2. The van der Waals surface area contributed by atoms with E-state index >= 15 is 0 Å². The lowest BCUT2D eigenvalue weighted by Gasteiger charge is -2.29. The normalized spacial score (nSPS) is 17.8. The summed E-state index contributed by atoms with van der Waals surface area (Å²) in [5.41, 5.74) is 2.87. The second kappa shape index (κ2) is 10.1. The van der Waals surface area contributed by atoms with Crippen LogP contribution in [0, 0.1) is 10.1 Å². The van der Waals surface area contributed by atoms with Crippen molar-refractivity contribution in [1.29, 1.82) is 0 Å². The number of nitro benzene ring substituents is 1. The first-order chi connectivity index (χ1) is 16.5. The van der Waals surface area contributed by atoms with E-state index in [-0.39, 0.29) is 17.5 Å². The van der Waals surface area contributed by atoms with Gasteiger partial charge in [0, 0.05) is 30.2 Å². The van der Waals surface area contributed by atoms with E-state index in [2.05, 4.69) is 0 Å². The Balaban J connectivity index is 1.89. The molecule has 3 aromatic rings. The van der Waals surface area contributed by atoms with Crippen LogP contribution in [0.25, 0.3) is 0 Å². The van der Waals surface area contributed by atoms with Gasteiger partial charge in [0.05, 0.1) is 38.1 Å². The molecule has 0 aliphatic carbocycles. The molecule has 1 aliphatic heterocycles. The molecule has 0 bridgehead atoms. The van der Waals surface area contributed by atoms with Crippen LogP contribution < -0.4 is 9.64 Å². The van der Waals surface area contributed by atoms with Crippen LogP contribution in [-0.2, 0) is 9.47 Å². The largest absolute Gasteiger partial charge is 0.499 e. The molecule has 0 fully saturated rings. The Hall–Kier alpha value is -4.26. The summed E-state index contributed by atoms with van der Waals surface area (Å²) < 4.78 is 17.2. The van der Waals surface area contributed by atoms with Crippen molar-refractivity contribution in [2.45, 2.75) is 11.8 Å². The molecular formula is C27H26N2O5. The molecule has 0 amide bonds. The van der Waals surface area contributed by atoms with Gasteiger partial charge in [0.1, 0.15) is 17.3 Å². The molecule has 0 radical (unpaired) electrons. The Morgan fingerprint density at radius 1 is 0.706 bits per heavy atom. The first kappa shape index (κ1) is 22.9. The number of ether oxygens (including phenoxy) is 3. The highest BCUT2D eigenvalue weighted by Crippen LogP contribution is 2.46. The number of methoxy groups -OCH3 is 3. The summed E-state index contributed by atoms with van der Waals surface area (Å²) in [4.78, 5) is 12.8. The van der Waals surface area contributed by atoms with Crippen molar-refractivity contribution in [3.63, 3.8) is 0 Å². The predicted molar refractivity (Wildman–Crippen MR) is 131 cm³/mol. The van der Waals surface area contributed by atoms with E-state index < -0.39 is 4.92 Å². The van der Waals surface area contributed by atoms with Gasteiger partial charge in [-0.1, -0.05) is 42.5 Å². The van der Waals surface area contributed by atoms with Crippen LogP contribution in [0.4, 0.5) is 11.4 Å². The van der Waals surface area contributed by atoms with Gasteiger partial charge in [-0.15, -0.1) is 0 Å². The molecule has 174 valence electrons. The van der Waals surface area contributed by atoms with Gasteiger partial charge in [0.15, 0.2) is 0 Å². The average Bonchev–Trinajstić information content (AvgIpc) is 3.06. The van der Waals surface area contributed by atoms with Crippen molar-refractivity contribution >= 4 is 11.4 Å². The second-order valence-electron chi connectivity index (χ2n) is 7.79. The standard InChI is InChI=1S/C27H26N2O5/c1-32-23-15-13-21(14-16-23)28-17-24(33-2)26(19-7-5-4-6-8-19)27(25(18-28)34-3)20-9-11-22(12-10-20)29(30)31/h4-18,26-27H,1-3H3/t26-,27-/m1/s1. The molecule has 34 heavy (non-hydrogen) atoms. The van der Waals surface area contributed by atoms with Crippen molar-refractivity contribution < 1.29 is 19.1 Å². The number of anilines is 1. The number of nitrogens with zero attached hydrogens (tertiary/aromatic N) is 2. The van der Waals surface area contributed by atoms with Crippen LogP contribution in [-0.4, -0.2) is 26.3 Å². The molecule has 0 saturated carbocycles. The monoisotopic (exact) mass is 458 g/mol. The van der Waals surface area contributed by atoms with Crippen LogP contribution in [0.2, 0.25) is 0 Å². The lowest BCUT2D eigenvalue weighted by atomic mass is 9.79. The van der Waals surface area contributed by atoms with Gasteiger partial charge in [-0.2, -0.15) is 0 Å². The van der Waals surface area contributed by atoms with Crippen LogP contribution in [0.1, 0.15) is 23.0 Å². The minimum atomic E-state index is -0.398. The fourth-order valence-electron chi connectivity index (χ4n) is 4.24. The number of non-ortho nitro benzene ring substituents is 1. The minimum absolute atomic E-state index is 0.0407. The van der Waals surface area contributed by atoms with Gasteiger partial charge in [0.25, 0.3) is 5.69 Å². The van der Waals surface area contributed by atoms with Crippen LogP contribution in [0.3, 0.4) is 0 Å². The lowest BCUT2D eigenvalue weighted by Crippen LogP contribution is -2.17. The number of benzene rings is 3. The highest BCUT2D eigenvalue weighted by molar-refractivity contribution is 5.57. The molecule has 0 N–H and O–H groups in total. The molecular weight excluding hydrogens is 432 g/mol. The molecule has 7 nitrogen and oxygen atoms in total. The third-order valence-electron chi connectivity index (χ3n) is 5.94. The van der Waals surface area contributed by atoms with Crippen LogP contribution in [0.5, 0.6) is 5.75 Å². The summed E-state index contributed by atoms with van der Waals surface area (Å²) in [6, 6.07) is 24.3. The summed E-state index contributed by atoms with van der Waals surface area (Å²) >= 11 is 0. The van der Waals surface area contributed by atoms with E-state index in [4.69, 9.17) is 14.2 Å². The molecule has 0 spiro atoms. The summed E-state index contributed by atoms with van der Waals surface area (Å²) in [6.07, 6.45) is 3.87. The van der Waals surface area contributed by atoms with Crippen LogP contribution in [0.15, 0.2) is 103 Å². The van der Waals surface area contributed by atoms with Gasteiger partial charge in [-0.25, -0.2) is 0 Å². The second-order valence-corrected chi connectivity index (χ2v) is 7.79. The van der Waals surface area contributed by atoms with Crippen molar-refractivity contribution in [1.82, 2.24) is 0 Å². The lowest BCUT2D eigenvalue weighted by molar-refractivity contribution is -0.384. The first-order valence-corrected chi connectivity index (χ1v) is 10.8. The summed E-state index contributed by atoms with van der Waals surface area (Å²) in [5, 5.41) is 11.2. The molecule has 0 unspecified atom stereocenters. The maximum Gasteiger partial charge on any atom is 0.269 e. The minimum Gasteiger partial charge on any atom is -0.499 e.